The Hall–Kier alpha value is -2.81. The lowest BCUT2D eigenvalue weighted by molar-refractivity contribution is 0.0952. The van der Waals surface area contributed by atoms with Crippen molar-refractivity contribution in [1.82, 2.24) is 25.1 Å². The molecule has 0 bridgehead atoms. The van der Waals surface area contributed by atoms with Gasteiger partial charge < -0.3 is 15.4 Å². The summed E-state index contributed by atoms with van der Waals surface area (Å²) in [6.45, 7) is 5.99. The molecule has 9 heteroatoms. The van der Waals surface area contributed by atoms with Gasteiger partial charge in [0, 0.05) is 18.7 Å². The summed E-state index contributed by atoms with van der Waals surface area (Å²) in [5.41, 5.74) is 1.36. The molecule has 1 amide bonds. The lowest BCUT2D eigenvalue weighted by Gasteiger charge is -2.09. The number of hydrogen-bond donors (Lipinski definition) is 2. The summed E-state index contributed by atoms with van der Waals surface area (Å²) in [5.74, 6) is 2.29. The topological polar surface area (TPSA) is 94.0 Å². The number of methoxy groups -OCH3 is 1. The molecule has 0 aliphatic heterocycles. The molecule has 0 saturated heterocycles. The molecule has 2 aromatic heterocycles. The van der Waals surface area contributed by atoms with Crippen LogP contribution in [0.4, 0.5) is 5.82 Å². The van der Waals surface area contributed by atoms with Crippen LogP contribution in [0.25, 0.3) is 11.0 Å². The number of ether oxygens (including phenoxy) is 1. The van der Waals surface area contributed by atoms with Crippen molar-refractivity contribution >= 4 is 34.5 Å². The first kappa shape index (κ1) is 20.9. The van der Waals surface area contributed by atoms with E-state index in [0.29, 0.717) is 18.7 Å². The van der Waals surface area contributed by atoms with E-state index >= 15 is 0 Å². The van der Waals surface area contributed by atoms with Crippen LogP contribution in [0.15, 0.2) is 35.6 Å². The Morgan fingerprint density at radius 1 is 1.17 bits per heavy atom. The van der Waals surface area contributed by atoms with Crippen LogP contribution in [0.2, 0.25) is 0 Å². The first-order valence-corrected chi connectivity index (χ1v) is 10.7. The molecule has 3 rings (SSSR count). The molecule has 0 spiro atoms. The second-order valence-corrected chi connectivity index (χ2v) is 7.54. The minimum atomic E-state index is -0.133. The number of carbonyl (C=O) groups excluding carboxylic acids is 1. The molecule has 0 aliphatic rings. The van der Waals surface area contributed by atoms with Crippen LogP contribution in [0.5, 0.6) is 5.75 Å². The van der Waals surface area contributed by atoms with Gasteiger partial charge in [0.2, 0.25) is 0 Å². The summed E-state index contributed by atoms with van der Waals surface area (Å²) in [7, 11) is 1.60. The SMILES string of the molecule is CCCNc1nc(SCC)nc2c1cnn2CCNC(=O)c1ccc(OC)cc1. The number of carbonyl (C=O) groups is 1. The van der Waals surface area contributed by atoms with Crippen LogP contribution in [0.3, 0.4) is 0 Å². The third-order valence-electron chi connectivity index (χ3n) is 4.25. The van der Waals surface area contributed by atoms with Crippen molar-refractivity contribution in [3.8, 4) is 5.75 Å². The number of thioether (sulfide) groups is 1. The number of benzene rings is 1. The third kappa shape index (κ3) is 5.17. The van der Waals surface area contributed by atoms with Gasteiger partial charge in [-0.05, 0) is 36.4 Å². The quantitative estimate of drug-likeness (QED) is 0.389. The zero-order valence-corrected chi connectivity index (χ0v) is 17.8. The number of nitrogens with zero attached hydrogens (tertiary/aromatic N) is 4. The Kier molecular flexibility index (Phi) is 7.29. The van der Waals surface area contributed by atoms with E-state index < -0.39 is 0 Å². The second kappa shape index (κ2) is 10.1. The van der Waals surface area contributed by atoms with E-state index in [9.17, 15) is 4.79 Å². The minimum Gasteiger partial charge on any atom is -0.497 e. The van der Waals surface area contributed by atoms with Crippen molar-refractivity contribution in [2.45, 2.75) is 32.0 Å². The fourth-order valence-corrected chi connectivity index (χ4v) is 3.36. The molecular formula is C20H26N6O2S. The fraction of sp³-hybridized carbons (Fsp3) is 0.400. The van der Waals surface area contributed by atoms with Gasteiger partial charge in [-0.25, -0.2) is 14.6 Å². The van der Waals surface area contributed by atoms with Crippen LogP contribution < -0.4 is 15.4 Å². The van der Waals surface area contributed by atoms with E-state index in [0.717, 1.165) is 46.5 Å². The standard InChI is InChI=1S/C20H26N6O2S/c1-4-10-21-17-16-13-23-26(18(16)25-20(24-17)29-5-2)12-11-22-19(27)14-6-8-15(28-3)9-7-14/h6-9,13H,4-5,10-12H2,1-3H3,(H,22,27)(H,21,24,25). The Labute approximate surface area is 174 Å². The molecule has 8 nitrogen and oxygen atoms in total. The Morgan fingerprint density at radius 3 is 2.66 bits per heavy atom. The van der Waals surface area contributed by atoms with Crippen LogP contribution in [-0.2, 0) is 6.54 Å². The monoisotopic (exact) mass is 414 g/mol. The van der Waals surface area contributed by atoms with Gasteiger partial charge in [-0.15, -0.1) is 0 Å². The van der Waals surface area contributed by atoms with E-state index in [1.54, 1.807) is 49.3 Å². The molecule has 0 atom stereocenters. The smallest absolute Gasteiger partial charge is 0.251 e. The van der Waals surface area contributed by atoms with E-state index in [1.807, 2.05) is 4.68 Å². The van der Waals surface area contributed by atoms with E-state index in [1.165, 1.54) is 0 Å². The average Bonchev–Trinajstić information content (AvgIpc) is 3.15. The average molecular weight is 415 g/mol. The second-order valence-electron chi connectivity index (χ2n) is 6.30. The molecule has 0 unspecified atom stereocenters. The Bertz CT molecular complexity index is 958. The molecule has 154 valence electrons. The number of amides is 1. The molecule has 29 heavy (non-hydrogen) atoms. The van der Waals surface area contributed by atoms with Gasteiger partial charge in [0.05, 0.1) is 25.2 Å². The highest BCUT2D eigenvalue weighted by Crippen LogP contribution is 2.24. The van der Waals surface area contributed by atoms with Crippen molar-refractivity contribution in [3.05, 3.63) is 36.0 Å². The number of hydrogen-bond acceptors (Lipinski definition) is 7. The summed E-state index contributed by atoms with van der Waals surface area (Å²) >= 11 is 1.60. The molecule has 0 saturated carbocycles. The van der Waals surface area contributed by atoms with Gasteiger partial charge in [0.25, 0.3) is 5.91 Å². The van der Waals surface area contributed by atoms with E-state index in [-0.39, 0.29) is 5.91 Å². The Morgan fingerprint density at radius 2 is 1.97 bits per heavy atom. The van der Waals surface area contributed by atoms with Gasteiger partial charge in [-0.1, -0.05) is 25.6 Å². The van der Waals surface area contributed by atoms with Crippen molar-refractivity contribution in [2.24, 2.45) is 0 Å². The Balaban J connectivity index is 1.70. The zero-order chi connectivity index (χ0) is 20.6. The van der Waals surface area contributed by atoms with Gasteiger partial charge >= 0.3 is 0 Å². The zero-order valence-electron chi connectivity index (χ0n) is 16.9. The molecular weight excluding hydrogens is 388 g/mol. The van der Waals surface area contributed by atoms with Crippen LogP contribution in [0.1, 0.15) is 30.6 Å². The van der Waals surface area contributed by atoms with Crippen LogP contribution in [0, 0.1) is 0 Å². The first-order chi connectivity index (χ1) is 14.2. The van der Waals surface area contributed by atoms with Gasteiger partial charge in [-0.2, -0.15) is 5.10 Å². The lowest BCUT2D eigenvalue weighted by atomic mass is 10.2. The summed E-state index contributed by atoms with van der Waals surface area (Å²) in [6.07, 6.45) is 2.78. The van der Waals surface area contributed by atoms with Crippen molar-refractivity contribution in [2.75, 3.05) is 31.3 Å². The summed E-state index contributed by atoms with van der Waals surface area (Å²) < 4.78 is 6.93. The van der Waals surface area contributed by atoms with Crippen molar-refractivity contribution in [3.63, 3.8) is 0 Å². The number of rotatable bonds is 10. The van der Waals surface area contributed by atoms with Gasteiger partial charge in [-0.3, -0.25) is 4.79 Å². The highest BCUT2D eigenvalue weighted by atomic mass is 32.2. The lowest BCUT2D eigenvalue weighted by Crippen LogP contribution is -2.27. The van der Waals surface area contributed by atoms with E-state index in [4.69, 9.17) is 4.74 Å². The van der Waals surface area contributed by atoms with Crippen molar-refractivity contribution in [1.29, 1.82) is 0 Å². The maximum Gasteiger partial charge on any atom is 0.251 e. The first-order valence-electron chi connectivity index (χ1n) is 9.68. The predicted molar refractivity (Wildman–Crippen MR) is 116 cm³/mol. The summed E-state index contributed by atoms with van der Waals surface area (Å²) in [6, 6.07) is 7.02. The van der Waals surface area contributed by atoms with Crippen LogP contribution in [-0.4, -0.2) is 51.6 Å². The normalized spacial score (nSPS) is 10.9. The number of nitrogens with one attached hydrogen (secondary N) is 2. The maximum absolute atomic E-state index is 12.3. The third-order valence-corrected chi connectivity index (χ3v) is 4.98. The molecule has 3 aromatic rings. The highest BCUT2D eigenvalue weighted by Gasteiger charge is 2.13. The molecule has 0 fully saturated rings. The fourth-order valence-electron chi connectivity index (χ4n) is 2.79. The maximum atomic E-state index is 12.3. The van der Waals surface area contributed by atoms with Crippen LogP contribution >= 0.6 is 11.8 Å². The summed E-state index contributed by atoms with van der Waals surface area (Å²) in [4.78, 5) is 21.6. The van der Waals surface area contributed by atoms with Gasteiger partial charge in [0.1, 0.15) is 11.6 Å². The van der Waals surface area contributed by atoms with Crippen molar-refractivity contribution < 1.29 is 9.53 Å². The predicted octanol–water partition coefficient (Wildman–Crippen LogP) is 3.20. The number of anilines is 1. The summed E-state index contributed by atoms with van der Waals surface area (Å²) in [5, 5.41) is 12.3. The number of aromatic nitrogens is 4. The van der Waals surface area contributed by atoms with Gasteiger partial charge in [0.15, 0.2) is 10.8 Å². The molecule has 2 N–H and O–H groups in total. The molecule has 1 aromatic carbocycles. The molecule has 0 radical (unpaired) electrons. The van der Waals surface area contributed by atoms with E-state index in [2.05, 4.69) is 39.5 Å². The number of fused-ring (bicyclic) bond motifs is 1. The largest absolute Gasteiger partial charge is 0.497 e. The molecule has 2 heterocycles. The highest BCUT2D eigenvalue weighted by molar-refractivity contribution is 7.99. The molecule has 0 aliphatic carbocycles. The minimum absolute atomic E-state index is 0.133.